The van der Waals surface area contributed by atoms with Crippen molar-refractivity contribution in [3.8, 4) is 0 Å². The molecule has 1 aromatic rings. The molecule has 1 aliphatic heterocycles. The van der Waals surface area contributed by atoms with Gasteiger partial charge in [0.2, 0.25) is 5.91 Å². The fraction of sp³-hybridized carbons (Fsp3) is 0.579. The van der Waals surface area contributed by atoms with Crippen molar-refractivity contribution in [1.82, 2.24) is 10.2 Å². The molecule has 0 aliphatic carbocycles. The van der Waals surface area contributed by atoms with Crippen LogP contribution in [0.5, 0.6) is 0 Å². The van der Waals surface area contributed by atoms with Gasteiger partial charge in [-0.05, 0) is 63.8 Å². The average molecular weight is 426 g/mol. The molecule has 2 atom stereocenters. The van der Waals surface area contributed by atoms with E-state index in [0.29, 0.717) is 13.1 Å². The quantitative estimate of drug-likeness (QED) is 0.758. The lowest BCUT2D eigenvalue weighted by Gasteiger charge is -2.37. The van der Waals surface area contributed by atoms with E-state index in [9.17, 15) is 9.59 Å². The fourth-order valence-electron chi connectivity index (χ4n) is 3.24. The predicted octanol–water partition coefficient (Wildman–Crippen LogP) is 3.21. The summed E-state index contributed by atoms with van der Waals surface area (Å²) in [5.74, 6) is -0.0957. The molecule has 1 heterocycles. The van der Waals surface area contributed by atoms with Crippen molar-refractivity contribution in [3.63, 3.8) is 0 Å². The minimum atomic E-state index is -0.513. The van der Waals surface area contributed by atoms with Crippen LogP contribution in [0.2, 0.25) is 0 Å². The summed E-state index contributed by atoms with van der Waals surface area (Å²) in [6, 6.07) is 7.21. The molecule has 144 valence electrons. The maximum atomic E-state index is 12.1. The maximum absolute atomic E-state index is 12.1. The molecule has 0 spiro atoms. The molecule has 26 heavy (non-hydrogen) atoms. The smallest absolute Gasteiger partial charge is 0.407 e. The number of hydrogen-bond acceptors (Lipinski definition) is 4. The summed E-state index contributed by atoms with van der Waals surface area (Å²) in [5.41, 5.74) is 6.07. The molecule has 1 saturated heterocycles. The van der Waals surface area contributed by atoms with E-state index in [2.05, 4.69) is 26.1 Å². The number of amides is 2. The number of benzene rings is 1. The number of nitrogens with two attached hydrogens (primary N) is 1. The molecule has 3 N–H and O–H groups in total. The Hall–Kier alpha value is -1.60. The van der Waals surface area contributed by atoms with Crippen molar-refractivity contribution in [3.05, 3.63) is 34.3 Å². The van der Waals surface area contributed by atoms with Gasteiger partial charge in [0.1, 0.15) is 11.6 Å². The average Bonchev–Trinajstić information content (AvgIpc) is 2.54. The van der Waals surface area contributed by atoms with Gasteiger partial charge in [-0.25, -0.2) is 4.79 Å². The monoisotopic (exact) mass is 425 g/mol. The van der Waals surface area contributed by atoms with Gasteiger partial charge in [0.05, 0.1) is 0 Å². The van der Waals surface area contributed by atoms with E-state index in [1.165, 1.54) is 0 Å². The van der Waals surface area contributed by atoms with Crippen LogP contribution in [0.1, 0.15) is 45.2 Å². The number of carbonyl (C=O) groups excluding carboxylic acids is 2. The third-order valence-electron chi connectivity index (χ3n) is 4.30. The number of alkyl carbamates (subject to hydrolysis) is 1. The Labute approximate surface area is 163 Å². The zero-order valence-electron chi connectivity index (χ0n) is 15.6. The van der Waals surface area contributed by atoms with Gasteiger partial charge in [-0.3, -0.25) is 9.69 Å². The first-order valence-electron chi connectivity index (χ1n) is 8.91. The molecule has 1 aliphatic rings. The van der Waals surface area contributed by atoms with Crippen LogP contribution in [0.4, 0.5) is 4.79 Å². The van der Waals surface area contributed by atoms with Crippen LogP contribution in [0, 0.1) is 5.92 Å². The molecule has 0 bridgehead atoms. The maximum Gasteiger partial charge on any atom is 0.407 e. The lowest BCUT2D eigenvalue weighted by atomic mass is 9.94. The number of nitrogens with zero attached hydrogens (tertiary/aromatic N) is 1. The van der Waals surface area contributed by atoms with Crippen molar-refractivity contribution in [2.45, 2.75) is 45.3 Å². The molecule has 1 aromatic carbocycles. The topological polar surface area (TPSA) is 84.7 Å². The van der Waals surface area contributed by atoms with Crippen LogP contribution in [0.25, 0.3) is 0 Å². The summed E-state index contributed by atoms with van der Waals surface area (Å²) in [6.45, 7) is 7.56. The van der Waals surface area contributed by atoms with E-state index in [1.54, 1.807) is 0 Å². The van der Waals surface area contributed by atoms with Crippen molar-refractivity contribution >= 4 is 27.9 Å². The van der Waals surface area contributed by atoms with Crippen LogP contribution in [-0.2, 0) is 9.53 Å². The van der Waals surface area contributed by atoms with Crippen molar-refractivity contribution in [1.29, 1.82) is 0 Å². The first kappa shape index (κ1) is 20.7. The van der Waals surface area contributed by atoms with Crippen LogP contribution < -0.4 is 11.1 Å². The minimum Gasteiger partial charge on any atom is -0.444 e. The van der Waals surface area contributed by atoms with Crippen LogP contribution in [0.15, 0.2) is 28.7 Å². The number of nitrogens with one attached hydrogen (secondary N) is 1. The third-order valence-corrected chi connectivity index (χ3v) is 4.83. The SMILES string of the molecule is CC(C)(C)OC(=O)NCC1CCCN(C(C(N)=O)c2ccc(Br)cc2)C1. The van der Waals surface area contributed by atoms with Gasteiger partial charge in [0.25, 0.3) is 0 Å². The lowest BCUT2D eigenvalue weighted by molar-refractivity contribution is -0.124. The van der Waals surface area contributed by atoms with E-state index in [1.807, 2.05) is 45.0 Å². The number of hydrogen-bond donors (Lipinski definition) is 2. The molecule has 2 amide bonds. The highest BCUT2D eigenvalue weighted by Gasteiger charge is 2.30. The standard InChI is InChI=1S/C19H28BrN3O3/c1-19(2,3)26-18(25)22-11-13-5-4-10-23(12-13)16(17(21)24)14-6-8-15(20)9-7-14/h6-9,13,16H,4-5,10-12H2,1-3H3,(H2,21,24)(H,22,25). The van der Waals surface area contributed by atoms with Gasteiger partial charge >= 0.3 is 6.09 Å². The van der Waals surface area contributed by atoms with Gasteiger partial charge in [0, 0.05) is 17.6 Å². The first-order chi connectivity index (χ1) is 12.2. The van der Waals surface area contributed by atoms with Gasteiger partial charge in [-0.1, -0.05) is 28.1 Å². The van der Waals surface area contributed by atoms with E-state index < -0.39 is 17.7 Å². The molecule has 0 saturated carbocycles. The van der Waals surface area contributed by atoms with Gasteiger partial charge < -0.3 is 15.8 Å². The minimum absolute atomic E-state index is 0.258. The van der Waals surface area contributed by atoms with Gasteiger partial charge in [-0.15, -0.1) is 0 Å². The summed E-state index contributed by atoms with van der Waals surface area (Å²) in [5, 5.41) is 2.83. The first-order valence-corrected chi connectivity index (χ1v) is 9.70. The lowest BCUT2D eigenvalue weighted by Crippen LogP contribution is -2.46. The summed E-state index contributed by atoms with van der Waals surface area (Å²) in [4.78, 5) is 26.1. The number of likely N-dealkylation sites (tertiary alicyclic amines) is 1. The van der Waals surface area contributed by atoms with Crippen LogP contribution in [-0.4, -0.2) is 42.1 Å². The van der Waals surface area contributed by atoms with Crippen molar-refractivity contribution in [2.24, 2.45) is 11.7 Å². The molecule has 2 rings (SSSR count). The van der Waals surface area contributed by atoms with Crippen molar-refractivity contribution < 1.29 is 14.3 Å². The number of rotatable bonds is 5. The molecule has 6 nitrogen and oxygen atoms in total. The molecule has 0 aromatic heterocycles. The summed E-state index contributed by atoms with van der Waals surface area (Å²) in [6.07, 6.45) is 1.55. The van der Waals surface area contributed by atoms with E-state index >= 15 is 0 Å². The van der Waals surface area contributed by atoms with Crippen LogP contribution in [0.3, 0.4) is 0 Å². The Kier molecular flexibility index (Phi) is 7.06. The number of piperidine rings is 1. The summed E-state index contributed by atoms with van der Waals surface area (Å²) < 4.78 is 6.24. The fourth-order valence-corrected chi connectivity index (χ4v) is 3.50. The molecule has 0 radical (unpaired) electrons. The number of primary amides is 1. The second kappa shape index (κ2) is 8.86. The van der Waals surface area contributed by atoms with Gasteiger partial charge in [0.15, 0.2) is 0 Å². The largest absolute Gasteiger partial charge is 0.444 e. The number of carbonyl (C=O) groups is 2. The Morgan fingerprint density at radius 3 is 2.58 bits per heavy atom. The predicted molar refractivity (Wildman–Crippen MR) is 105 cm³/mol. The second-order valence-electron chi connectivity index (χ2n) is 7.74. The summed E-state index contributed by atoms with van der Waals surface area (Å²) >= 11 is 3.41. The van der Waals surface area contributed by atoms with Gasteiger partial charge in [-0.2, -0.15) is 0 Å². The third kappa shape index (κ3) is 6.29. The normalized spacial score (nSPS) is 19.6. The highest BCUT2D eigenvalue weighted by Crippen LogP contribution is 2.27. The van der Waals surface area contributed by atoms with Crippen molar-refractivity contribution in [2.75, 3.05) is 19.6 Å². The van der Waals surface area contributed by atoms with E-state index in [4.69, 9.17) is 10.5 Å². The zero-order chi connectivity index (χ0) is 19.3. The molecule has 2 unspecified atom stereocenters. The Bertz CT molecular complexity index is 628. The molecule has 1 fully saturated rings. The Morgan fingerprint density at radius 2 is 2.00 bits per heavy atom. The highest BCUT2D eigenvalue weighted by atomic mass is 79.9. The molecular weight excluding hydrogens is 398 g/mol. The van der Waals surface area contributed by atoms with E-state index in [0.717, 1.165) is 29.4 Å². The second-order valence-corrected chi connectivity index (χ2v) is 8.66. The van der Waals surface area contributed by atoms with Crippen LogP contribution >= 0.6 is 15.9 Å². The highest BCUT2D eigenvalue weighted by molar-refractivity contribution is 9.10. The summed E-state index contributed by atoms with van der Waals surface area (Å²) in [7, 11) is 0. The van der Waals surface area contributed by atoms with E-state index in [-0.39, 0.29) is 11.8 Å². The molecular formula is C19H28BrN3O3. The number of halogens is 1. The number of ether oxygens (including phenoxy) is 1. The Balaban J connectivity index is 1.98. The zero-order valence-corrected chi connectivity index (χ0v) is 17.2. The Morgan fingerprint density at radius 1 is 1.35 bits per heavy atom. The molecule has 7 heteroatoms.